The number of nitrogens with zero attached hydrogens (tertiary/aromatic N) is 2. The Kier molecular flexibility index (Phi) is 10.2. The maximum Gasteiger partial charge on any atom is 0.254 e. The van der Waals surface area contributed by atoms with E-state index in [1.54, 1.807) is 31.0 Å². The first-order valence-electron chi connectivity index (χ1n) is 14.5. The second kappa shape index (κ2) is 13.7. The highest BCUT2D eigenvalue weighted by Gasteiger charge is 2.50. The summed E-state index contributed by atoms with van der Waals surface area (Å²) in [5.41, 5.74) is 3.68. The highest BCUT2D eigenvalue weighted by molar-refractivity contribution is 8.00. The predicted octanol–water partition coefficient (Wildman–Crippen LogP) is 4.30. The number of aliphatic hydroxyl groups excluding tert-OH is 1. The van der Waals surface area contributed by atoms with Gasteiger partial charge in [-0.1, -0.05) is 67.6 Å². The molecule has 8 nitrogen and oxygen atoms in total. The first-order chi connectivity index (χ1) is 20.4. The SMILES string of the molecule is CCc1ccccc1CN(C)C(=O)C1N(C(=O)C(O)C(Cc2ccccc2)NC(=O)c2cccc(O)c2C)CSC1(C)C. The van der Waals surface area contributed by atoms with Gasteiger partial charge in [-0.05, 0) is 62.4 Å². The van der Waals surface area contributed by atoms with Crippen molar-refractivity contribution in [2.45, 2.75) is 70.0 Å². The van der Waals surface area contributed by atoms with Crippen molar-refractivity contribution in [3.05, 3.63) is 101 Å². The maximum absolute atomic E-state index is 14.0. The van der Waals surface area contributed by atoms with E-state index in [1.165, 1.54) is 22.7 Å². The first kappa shape index (κ1) is 32.1. The number of benzene rings is 3. The Balaban J connectivity index is 1.59. The van der Waals surface area contributed by atoms with Crippen LogP contribution in [0.3, 0.4) is 0 Å². The molecule has 0 radical (unpaired) electrons. The zero-order valence-corrected chi connectivity index (χ0v) is 26.2. The Bertz CT molecular complexity index is 1460. The number of nitrogens with one attached hydrogen (secondary N) is 1. The Morgan fingerprint density at radius 2 is 1.67 bits per heavy atom. The monoisotopic (exact) mass is 603 g/mol. The Morgan fingerprint density at radius 3 is 2.35 bits per heavy atom. The number of phenols is 1. The van der Waals surface area contributed by atoms with E-state index in [2.05, 4.69) is 18.3 Å². The van der Waals surface area contributed by atoms with Crippen molar-refractivity contribution in [3.63, 3.8) is 0 Å². The number of thioether (sulfide) groups is 1. The van der Waals surface area contributed by atoms with Crippen LogP contribution in [-0.4, -0.2) is 73.6 Å². The van der Waals surface area contributed by atoms with Gasteiger partial charge < -0.3 is 25.3 Å². The van der Waals surface area contributed by atoms with Crippen molar-refractivity contribution >= 4 is 29.5 Å². The van der Waals surface area contributed by atoms with Crippen molar-refractivity contribution in [1.82, 2.24) is 15.1 Å². The van der Waals surface area contributed by atoms with E-state index in [1.807, 2.05) is 62.4 Å². The van der Waals surface area contributed by atoms with Crippen LogP contribution in [-0.2, 0) is 29.0 Å². The van der Waals surface area contributed by atoms with Crippen LogP contribution in [0.4, 0.5) is 0 Å². The molecule has 3 atom stereocenters. The highest BCUT2D eigenvalue weighted by atomic mass is 32.2. The molecule has 0 bridgehead atoms. The second-order valence-corrected chi connectivity index (χ2v) is 13.2. The second-order valence-electron chi connectivity index (χ2n) is 11.6. The molecule has 1 saturated heterocycles. The summed E-state index contributed by atoms with van der Waals surface area (Å²) in [6.07, 6.45) is -0.581. The van der Waals surface area contributed by atoms with Gasteiger partial charge in [0.2, 0.25) is 5.91 Å². The van der Waals surface area contributed by atoms with Crippen LogP contribution >= 0.6 is 11.8 Å². The molecule has 1 aliphatic heterocycles. The standard InChI is InChI=1S/C34H41N3O5S/c1-6-24-15-10-11-16-25(24)20-36(5)33(42)30-34(3,4)43-21-37(30)32(41)29(39)27(19-23-13-8-7-9-14-23)35-31(40)26-17-12-18-28(38)22(26)2/h7-18,27,29-30,38-39H,6,19-21H2,1-5H3,(H,35,40). The summed E-state index contributed by atoms with van der Waals surface area (Å²) in [4.78, 5) is 44.4. The van der Waals surface area contributed by atoms with Crippen molar-refractivity contribution in [2.75, 3.05) is 12.9 Å². The third-order valence-corrected chi connectivity index (χ3v) is 9.52. The molecule has 0 aliphatic carbocycles. The molecule has 9 heteroatoms. The lowest BCUT2D eigenvalue weighted by Gasteiger charge is -2.35. The zero-order valence-electron chi connectivity index (χ0n) is 25.4. The molecule has 1 heterocycles. The molecule has 3 amide bonds. The summed E-state index contributed by atoms with van der Waals surface area (Å²) in [5.74, 6) is -1.13. The number of aromatic hydroxyl groups is 1. The third kappa shape index (κ3) is 7.22. The summed E-state index contributed by atoms with van der Waals surface area (Å²) in [6, 6.07) is 20.1. The van der Waals surface area contributed by atoms with Crippen molar-refractivity contribution in [2.24, 2.45) is 0 Å². The minimum atomic E-state index is -1.61. The minimum Gasteiger partial charge on any atom is -0.508 e. The number of likely N-dealkylation sites (N-methyl/N-ethyl adjacent to an activating group) is 1. The van der Waals surface area contributed by atoms with Crippen LogP contribution < -0.4 is 5.32 Å². The van der Waals surface area contributed by atoms with Crippen LogP contribution in [0.5, 0.6) is 5.75 Å². The summed E-state index contributed by atoms with van der Waals surface area (Å²) in [7, 11) is 1.74. The van der Waals surface area contributed by atoms with Gasteiger partial charge in [0, 0.05) is 29.5 Å². The van der Waals surface area contributed by atoms with Gasteiger partial charge in [0.15, 0.2) is 6.10 Å². The number of aliphatic hydroxyl groups is 1. The molecule has 1 fully saturated rings. The average Bonchev–Trinajstić information content (AvgIpc) is 3.32. The van der Waals surface area contributed by atoms with Crippen molar-refractivity contribution in [3.8, 4) is 5.75 Å². The molecule has 0 saturated carbocycles. The number of aryl methyl sites for hydroxylation is 1. The Hall–Kier alpha value is -3.82. The van der Waals surface area contributed by atoms with Crippen molar-refractivity contribution in [1.29, 1.82) is 0 Å². The number of phenolic OH excluding ortho intramolecular Hbond substituents is 1. The van der Waals surface area contributed by atoms with Gasteiger partial charge in [-0.15, -0.1) is 11.8 Å². The van der Waals surface area contributed by atoms with Crippen LogP contribution in [0.1, 0.15) is 53.4 Å². The number of rotatable bonds is 10. The molecule has 3 aromatic carbocycles. The summed E-state index contributed by atoms with van der Waals surface area (Å²) in [6.45, 7) is 7.97. The van der Waals surface area contributed by atoms with E-state index < -0.39 is 34.7 Å². The lowest BCUT2D eigenvalue weighted by Crippen LogP contribution is -2.58. The predicted molar refractivity (Wildman–Crippen MR) is 170 cm³/mol. The molecule has 228 valence electrons. The van der Waals surface area contributed by atoms with E-state index >= 15 is 0 Å². The molecular weight excluding hydrogens is 562 g/mol. The van der Waals surface area contributed by atoms with Crippen LogP contribution in [0.15, 0.2) is 72.8 Å². The highest BCUT2D eigenvalue weighted by Crippen LogP contribution is 2.40. The third-order valence-electron chi connectivity index (χ3n) is 8.14. The fourth-order valence-corrected chi connectivity index (χ4v) is 6.69. The number of hydrogen-bond donors (Lipinski definition) is 3. The minimum absolute atomic E-state index is 0.0211. The van der Waals surface area contributed by atoms with Gasteiger partial charge in [0.25, 0.3) is 11.8 Å². The van der Waals surface area contributed by atoms with E-state index in [-0.39, 0.29) is 29.5 Å². The number of carbonyl (C=O) groups excluding carboxylic acids is 3. The zero-order chi connectivity index (χ0) is 31.3. The normalized spacial score (nSPS) is 17.3. The molecule has 1 aliphatic rings. The van der Waals surface area contributed by atoms with Gasteiger partial charge in [0.1, 0.15) is 11.8 Å². The fourth-order valence-electron chi connectivity index (χ4n) is 5.55. The largest absolute Gasteiger partial charge is 0.508 e. The van der Waals surface area contributed by atoms with Gasteiger partial charge in [-0.3, -0.25) is 14.4 Å². The maximum atomic E-state index is 14.0. The average molecular weight is 604 g/mol. The van der Waals surface area contributed by atoms with Gasteiger partial charge in [-0.25, -0.2) is 0 Å². The Labute approximate surface area is 258 Å². The van der Waals surface area contributed by atoms with Gasteiger partial charge >= 0.3 is 0 Å². The summed E-state index contributed by atoms with van der Waals surface area (Å²) >= 11 is 1.48. The molecule has 4 rings (SSSR count). The Morgan fingerprint density at radius 1 is 1.02 bits per heavy atom. The van der Waals surface area contributed by atoms with E-state index in [0.29, 0.717) is 12.1 Å². The molecule has 3 aromatic rings. The first-order valence-corrected chi connectivity index (χ1v) is 15.5. The van der Waals surface area contributed by atoms with Crippen LogP contribution in [0.25, 0.3) is 0 Å². The van der Waals surface area contributed by atoms with E-state index in [0.717, 1.165) is 23.1 Å². The van der Waals surface area contributed by atoms with Gasteiger partial charge in [0.05, 0.1) is 11.9 Å². The lowest BCUT2D eigenvalue weighted by atomic mass is 9.96. The number of amides is 3. The topological polar surface area (TPSA) is 110 Å². The smallest absolute Gasteiger partial charge is 0.254 e. The molecule has 0 spiro atoms. The lowest BCUT2D eigenvalue weighted by molar-refractivity contribution is -0.150. The van der Waals surface area contributed by atoms with E-state index in [4.69, 9.17) is 0 Å². The molecule has 3 unspecified atom stereocenters. The molecule has 43 heavy (non-hydrogen) atoms. The number of carbonyl (C=O) groups is 3. The van der Waals surface area contributed by atoms with Crippen molar-refractivity contribution < 1.29 is 24.6 Å². The summed E-state index contributed by atoms with van der Waals surface area (Å²) < 4.78 is -0.595. The quantitative estimate of drug-likeness (QED) is 0.319. The molecule has 3 N–H and O–H groups in total. The molecular formula is C34H41N3O5S. The van der Waals surface area contributed by atoms with Gasteiger partial charge in [-0.2, -0.15) is 0 Å². The van der Waals surface area contributed by atoms with Crippen LogP contribution in [0, 0.1) is 6.92 Å². The summed E-state index contributed by atoms with van der Waals surface area (Å²) in [5, 5.41) is 24.5. The molecule has 0 aromatic heterocycles. The van der Waals surface area contributed by atoms with Crippen LogP contribution in [0.2, 0.25) is 0 Å². The van der Waals surface area contributed by atoms with E-state index in [9.17, 15) is 24.6 Å². The number of hydrogen-bond acceptors (Lipinski definition) is 6. The fraction of sp³-hybridized carbons (Fsp3) is 0.382.